The lowest BCUT2D eigenvalue weighted by Gasteiger charge is -2.19. The Morgan fingerprint density at radius 2 is 2.26 bits per heavy atom. The van der Waals surface area contributed by atoms with E-state index in [-0.39, 0.29) is 0 Å². The van der Waals surface area contributed by atoms with E-state index in [2.05, 4.69) is 0 Å². The number of thiophene rings is 1. The predicted molar refractivity (Wildman–Crippen MR) is 75.2 cm³/mol. The van der Waals surface area contributed by atoms with Crippen LogP contribution in [-0.4, -0.2) is 18.8 Å². The van der Waals surface area contributed by atoms with Crippen molar-refractivity contribution >= 4 is 11.3 Å². The molecule has 0 saturated heterocycles. The Morgan fingerprint density at radius 3 is 3.05 bits per heavy atom. The first-order chi connectivity index (χ1) is 9.28. The third kappa shape index (κ3) is 2.46. The summed E-state index contributed by atoms with van der Waals surface area (Å²) in [6.45, 7) is 0.789. The molecule has 0 spiro atoms. The van der Waals surface area contributed by atoms with Crippen molar-refractivity contribution in [3.8, 4) is 11.5 Å². The Bertz CT molecular complexity index is 577. The van der Waals surface area contributed by atoms with Crippen LogP contribution >= 0.6 is 11.3 Å². The minimum atomic E-state index is -0.596. The number of fused-ring (bicyclic) bond motifs is 1. The van der Waals surface area contributed by atoms with Gasteiger partial charge in [-0.2, -0.15) is 0 Å². The Morgan fingerprint density at radius 1 is 1.37 bits per heavy atom. The quantitative estimate of drug-likeness (QED) is 0.936. The van der Waals surface area contributed by atoms with Gasteiger partial charge in [-0.3, -0.25) is 0 Å². The van der Waals surface area contributed by atoms with Gasteiger partial charge >= 0.3 is 0 Å². The van der Waals surface area contributed by atoms with Crippen LogP contribution < -0.4 is 9.47 Å². The standard InChI is InChI=1S/C15H16O3S/c1-17-12-8-14(19-9-12)15(16)11-4-5-13-10(7-11)3-2-6-18-13/h4-5,7-9,15-16H,2-3,6H2,1H3. The molecular weight excluding hydrogens is 260 g/mol. The van der Waals surface area contributed by atoms with Crippen molar-refractivity contribution in [2.75, 3.05) is 13.7 Å². The molecule has 0 radical (unpaired) electrons. The van der Waals surface area contributed by atoms with E-state index in [1.54, 1.807) is 7.11 Å². The fourth-order valence-electron chi connectivity index (χ4n) is 2.30. The molecule has 1 aromatic carbocycles. The highest BCUT2D eigenvalue weighted by Gasteiger charge is 2.17. The molecule has 100 valence electrons. The monoisotopic (exact) mass is 276 g/mol. The molecule has 0 aliphatic carbocycles. The van der Waals surface area contributed by atoms with Crippen LogP contribution in [-0.2, 0) is 6.42 Å². The molecular formula is C15H16O3S. The maximum absolute atomic E-state index is 10.4. The summed E-state index contributed by atoms with van der Waals surface area (Å²) in [5.74, 6) is 1.74. The van der Waals surface area contributed by atoms with Gasteiger partial charge in [0, 0.05) is 10.3 Å². The molecule has 1 atom stereocenters. The third-order valence-corrected chi connectivity index (χ3v) is 4.31. The van der Waals surface area contributed by atoms with Crippen molar-refractivity contribution in [2.45, 2.75) is 18.9 Å². The summed E-state index contributed by atoms with van der Waals surface area (Å²) in [6, 6.07) is 7.82. The second-order valence-corrected chi connectivity index (χ2v) is 5.55. The van der Waals surface area contributed by atoms with Gasteiger partial charge in [-0.25, -0.2) is 0 Å². The number of aryl methyl sites for hydroxylation is 1. The van der Waals surface area contributed by atoms with E-state index < -0.39 is 6.10 Å². The first-order valence-corrected chi connectivity index (χ1v) is 7.22. The van der Waals surface area contributed by atoms with Gasteiger partial charge in [0.25, 0.3) is 0 Å². The van der Waals surface area contributed by atoms with Crippen LogP contribution in [0.3, 0.4) is 0 Å². The number of hydrogen-bond acceptors (Lipinski definition) is 4. The van der Waals surface area contributed by atoms with E-state index in [9.17, 15) is 5.11 Å². The van der Waals surface area contributed by atoms with Crippen molar-refractivity contribution in [3.05, 3.63) is 45.6 Å². The van der Waals surface area contributed by atoms with Gasteiger partial charge in [0.05, 0.1) is 13.7 Å². The summed E-state index contributed by atoms with van der Waals surface area (Å²) in [7, 11) is 1.63. The fourth-order valence-corrected chi connectivity index (χ4v) is 3.17. The van der Waals surface area contributed by atoms with Gasteiger partial charge in [-0.1, -0.05) is 6.07 Å². The topological polar surface area (TPSA) is 38.7 Å². The SMILES string of the molecule is COc1csc(C(O)c2ccc3c(c2)CCCO3)c1. The van der Waals surface area contributed by atoms with Gasteiger partial charge in [0.15, 0.2) is 0 Å². The lowest BCUT2D eigenvalue weighted by molar-refractivity contribution is 0.223. The van der Waals surface area contributed by atoms with E-state index in [4.69, 9.17) is 9.47 Å². The van der Waals surface area contributed by atoms with Gasteiger partial charge < -0.3 is 14.6 Å². The van der Waals surface area contributed by atoms with Crippen LogP contribution in [0.5, 0.6) is 11.5 Å². The number of hydrogen-bond donors (Lipinski definition) is 1. The van der Waals surface area contributed by atoms with Crippen molar-refractivity contribution in [1.82, 2.24) is 0 Å². The Balaban J connectivity index is 1.88. The minimum Gasteiger partial charge on any atom is -0.496 e. The van der Waals surface area contributed by atoms with Crippen LogP contribution in [0.1, 0.15) is 28.5 Å². The van der Waals surface area contributed by atoms with E-state index >= 15 is 0 Å². The molecule has 1 unspecified atom stereocenters. The molecule has 1 N–H and O–H groups in total. The molecule has 3 rings (SSSR count). The van der Waals surface area contributed by atoms with Gasteiger partial charge in [-0.15, -0.1) is 11.3 Å². The molecule has 0 fully saturated rings. The minimum absolute atomic E-state index is 0.596. The maximum Gasteiger partial charge on any atom is 0.129 e. The number of ether oxygens (including phenoxy) is 2. The van der Waals surface area contributed by atoms with Crippen LogP contribution in [0, 0.1) is 0 Å². The molecule has 3 nitrogen and oxygen atoms in total. The number of aliphatic hydroxyl groups is 1. The molecule has 4 heteroatoms. The second-order valence-electron chi connectivity index (χ2n) is 4.61. The fraction of sp³-hybridized carbons (Fsp3) is 0.333. The van der Waals surface area contributed by atoms with Crippen LogP contribution in [0.4, 0.5) is 0 Å². The first kappa shape index (κ1) is 12.5. The summed E-state index contributed by atoms with van der Waals surface area (Å²) in [4.78, 5) is 0.897. The summed E-state index contributed by atoms with van der Waals surface area (Å²) >= 11 is 1.51. The highest BCUT2D eigenvalue weighted by Crippen LogP contribution is 2.34. The van der Waals surface area contributed by atoms with Gasteiger partial charge in [-0.05, 0) is 42.2 Å². The van der Waals surface area contributed by atoms with Crippen molar-refractivity contribution in [1.29, 1.82) is 0 Å². The summed E-state index contributed by atoms with van der Waals surface area (Å²) in [6.07, 6.45) is 1.46. The van der Waals surface area contributed by atoms with Crippen LogP contribution in [0.15, 0.2) is 29.6 Å². The van der Waals surface area contributed by atoms with E-state index in [1.807, 2.05) is 29.6 Å². The van der Waals surface area contributed by atoms with Crippen LogP contribution in [0.25, 0.3) is 0 Å². The Hall–Kier alpha value is -1.52. The average Bonchev–Trinajstić information content (AvgIpc) is 2.95. The normalized spacial score (nSPS) is 15.5. The summed E-state index contributed by atoms with van der Waals surface area (Å²) in [5.41, 5.74) is 2.10. The smallest absolute Gasteiger partial charge is 0.129 e. The van der Waals surface area contributed by atoms with E-state index in [1.165, 1.54) is 16.9 Å². The zero-order chi connectivity index (χ0) is 13.2. The third-order valence-electron chi connectivity index (χ3n) is 3.35. The number of methoxy groups -OCH3 is 1. The van der Waals surface area contributed by atoms with E-state index in [0.29, 0.717) is 0 Å². The Kier molecular flexibility index (Phi) is 3.44. The second kappa shape index (κ2) is 5.23. The van der Waals surface area contributed by atoms with Crippen molar-refractivity contribution < 1.29 is 14.6 Å². The maximum atomic E-state index is 10.4. The zero-order valence-electron chi connectivity index (χ0n) is 10.8. The molecule has 1 aromatic heterocycles. The summed E-state index contributed by atoms with van der Waals surface area (Å²) in [5, 5.41) is 12.3. The van der Waals surface area contributed by atoms with Gasteiger partial charge in [0.2, 0.25) is 0 Å². The molecule has 0 saturated carbocycles. The molecule has 0 bridgehead atoms. The van der Waals surface area contributed by atoms with E-state index in [0.717, 1.165) is 41.4 Å². The van der Waals surface area contributed by atoms with Crippen molar-refractivity contribution in [2.24, 2.45) is 0 Å². The largest absolute Gasteiger partial charge is 0.496 e. The number of aliphatic hydroxyl groups excluding tert-OH is 1. The first-order valence-electron chi connectivity index (χ1n) is 6.34. The molecule has 1 aliphatic rings. The Labute approximate surface area is 116 Å². The highest BCUT2D eigenvalue weighted by atomic mass is 32.1. The molecule has 1 aliphatic heterocycles. The molecule has 19 heavy (non-hydrogen) atoms. The van der Waals surface area contributed by atoms with Crippen molar-refractivity contribution in [3.63, 3.8) is 0 Å². The summed E-state index contributed by atoms with van der Waals surface area (Å²) < 4.78 is 10.7. The lowest BCUT2D eigenvalue weighted by atomic mass is 10.00. The lowest BCUT2D eigenvalue weighted by Crippen LogP contribution is -2.09. The van der Waals surface area contributed by atoms with Crippen LogP contribution in [0.2, 0.25) is 0 Å². The zero-order valence-corrected chi connectivity index (χ0v) is 11.6. The average molecular weight is 276 g/mol. The van der Waals surface area contributed by atoms with Gasteiger partial charge in [0.1, 0.15) is 17.6 Å². The number of benzene rings is 1. The molecule has 2 heterocycles. The predicted octanol–water partition coefficient (Wildman–Crippen LogP) is 3.16. The highest BCUT2D eigenvalue weighted by molar-refractivity contribution is 7.10. The number of rotatable bonds is 3. The molecule has 2 aromatic rings. The molecule has 0 amide bonds.